The summed E-state index contributed by atoms with van der Waals surface area (Å²) in [5.41, 5.74) is 8.94. The number of likely N-dealkylation sites (N-methyl/N-ethyl adjacent to an activating group) is 1. The third-order valence-electron chi connectivity index (χ3n) is 2.94. The second-order valence-corrected chi connectivity index (χ2v) is 4.48. The number of hydrogen-bond donors (Lipinski definition) is 2. The Kier molecular flexibility index (Phi) is 3.24. The molecule has 1 aromatic heterocycles. The van der Waals surface area contributed by atoms with Crippen LogP contribution in [0.15, 0.2) is 18.3 Å². The quantitative estimate of drug-likeness (QED) is 0.793. The number of anilines is 1. The third kappa shape index (κ3) is 2.22. The molecule has 1 aromatic carbocycles. The number of rotatable bonds is 4. The van der Waals surface area contributed by atoms with Crippen LogP contribution in [-0.4, -0.2) is 37.6 Å². The largest absolute Gasteiger partial charge is 0.494 e. The summed E-state index contributed by atoms with van der Waals surface area (Å²) in [7, 11) is 5.80. The van der Waals surface area contributed by atoms with Gasteiger partial charge in [-0.15, -0.1) is 0 Å². The number of hydrogen-bond acceptors (Lipinski definition) is 3. The SMILES string of the molecule is COc1c(N)ccc2[nH]cc(CCN(C)C)c12. The molecule has 2 aromatic rings. The Morgan fingerprint density at radius 1 is 1.35 bits per heavy atom. The van der Waals surface area contributed by atoms with E-state index in [2.05, 4.69) is 24.0 Å². The first-order valence-corrected chi connectivity index (χ1v) is 5.70. The fourth-order valence-electron chi connectivity index (χ4n) is 2.04. The molecule has 17 heavy (non-hydrogen) atoms. The molecule has 1 heterocycles. The van der Waals surface area contributed by atoms with Gasteiger partial charge < -0.3 is 20.4 Å². The van der Waals surface area contributed by atoms with E-state index in [9.17, 15) is 0 Å². The van der Waals surface area contributed by atoms with Crippen LogP contribution in [0.2, 0.25) is 0 Å². The van der Waals surface area contributed by atoms with Gasteiger partial charge in [0.15, 0.2) is 5.75 Å². The van der Waals surface area contributed by atoms with E-state index < -0.39 is 0 Å². The van der Waals surface area contributed by atoms with Gasteiger partial charge in [-0.05, 0) is 38.2 Å². The zero-order chi connectivity index (χ0) is 12.4. The summed E-state index contributed by atoms with van der Waals surface area (Å²) in [5, 5.41) is 1.11. The van der Waals surface area contributed by atoms with Crippen LogP contribution in [0, 0.1) is 0 Å². The van der Waals surface area contributed by atoms with Gasteiger partial charge in [0, 0.05) is 23.6 Å². The summed E-state index contributed by atoms with van der Waals surface area (Å²) < 4.78 is 5.41. The van der Waals surface area contributed by atoms with Gasteiger partial charge in [-0.3, -0.25) is 0 Å². The Labute approximate surface area is 101 Å². The molecule has 3 N–H and O–H groups in total. The number of benzene rings is 1. The molecule has 0 aliphatic heterocycles. The predicted octanol–water partition coefficient (Wildman–Crippen LogP) is 1.86. The van der Waals surface area contributed by atoms with E-state index in [4.69, 9.17) is 10.5 Å². The van der Waals surface area contributed by atoms with E-state index in [1.54, 1.807) is 7.11 Å². The summed E-state index contributed by atoms with van der Waals surface area (Å²) >= 11 is 0. The van der Waals surface area contributed by atoms with Crippen molar-refractivity contribution in [2.45, 2.75) is 6.42 Å². The molecule has 0 fully saturated rings. The lowest BCUT2D eigenvalue weighted by atomic mass is 10.1. The molecule has 4 heteroatoms. The van der Waals surface area contributed by atoms with Crippen molar-refractivity contribution < 1.29 is 4.74 Å². The molecular weight excluding hydrogens is 214 g/mol. The predicted molar refractivity (Wildman–Crippen MR) is 71.5 cm³/mol. The Morgan fingerprint density at radius 2 is 2.12 bits per heavy atom. The van der Waals surface area contributed by atoms with Gasteiger partial charge in [0.05, 0.1) is 12.8 Å². The zero-order valence-electron chi connectivity index (χ0n) is 10.6. The first kappa shape index (κ1) is 11.8. The molecular formula is C13H19N3O. The highest BCUT2D eigenvalue weighted by molar-refractivity contribution is 5.93. The number of aromatic amines is 1. The molecule has 0 saturated heterocycles. The van der Waals surface area contributed by atoms with E-state index in [-0.39, 0.29) is 0 Å². The van der Waals surface area contributed by atoms with Crippen molar-refractivity contribution in [3.8, 4) is 5.75 Å². The van der Waals surface area contributed by atoms with E-state index in [1.165, 1.54) is 5.56 Å². The van der Waals surface area contributed by atoms with Crippen molar-refractivity contribution in [1.29, 1.82) is 0 Å². The fraction of sp³-hybridized carbons (Fsp3) is 0.385. The average Bonchev–Trinajstić information content (AvgIpc) is 2.69. The van der Waals surface area contributed by atoms with Gasteiger partial charge in [-0.1, -0.05) is 0 Å². The lowest BCUT2D eigenvalue weighted by Crippen LogP contribution is -2.14. The topological polar surface area (TPSA) is 54.3 Å². The van der Waals surface area contributed by atoms with Crippen molar-refractivity contribution in [2.24, 2.45) is 0 Å². The highest BCUT2D eigenvalue weighted by atomic mass is 16.5. The van der Waals surface area contributed by atoms with Gasteiger partial charge in [-0.25, -0.2) is 0 Å². The van der Waals surface area contributed by atoms with E-state index in [0.29, 0.717) is 5.69 Å². The summed E-state index contributed by atoms with van der Waals surface area (Å²) in [6.07, 6.45) is 3.02. The molecule has 0 aliphatic rings. The van der Waals surface area contributed by atoms with Crippen molar-refractivity contribution >= 4 is 16.6 Å². The number of nitrogens with one attached hydrogen (secondary N) is 1. The number of nitrogens with two attached hydrogens (primary N) is 1. The maximum Gasteiger partial charge on any atom is 0.151 e. The molecule has 0 saturated carbocycles. The second kappa shape index (κ2) is 4.67. The van der Waals surface area contributed by atoms with Gasteiger partial charge in [0.2, 0.25) is 0 Å². The highest BCUT2D eigenvalue weighted by Gasteiger charge is 2.12. The molecule has 0 radical (unpaired) electrons. The number of aromatic nitrogens is 1. The van der Waals surface area contributed by atoms with Crippen LogP contribution in [0.4, 0.5) is 5.69 Å². The van der Waals surface area contributed by atoms with Crippen LogP contribution in [0.3, 0.4) is 0 Å². The Bertz CT molecular complexity index is 517. The number of nitrogens with zero attached hydrogens (tertiary/aromatic N) is 1. The van der Waals surface area contributed by atoms with Gasteiger partial charge in [0.25, 0.3) is 0 Å². The molecule has 0 spiro atoms. The molecule has 4 nitrogen and oxygen atoms in total. The highest BCUT2D eigenvalue weighted by Crippen LogP contribution is 2.34. The Hall–Kier alpha value is -1.68. The van der Waals surface area contributed by atoms with E-state index in [0.717, 1.165) is 29.6 Å². The first-order chi connectivity index (χ1) is 8.13. The van der Waals surface area contributed by atoms with Gasteiger partial charge in [-0.2, -0.15) is 0 Å². The van der Waals surface area contributed by atoms with Crippen LogP contribution in [0.25, 0.3) is 10.9 Å². The maximum atomic E-state index is 5.93. The van der Waals surface area contributed by atoms with Crippen molar-refractivity contribution in [1.82, 2.24) is 9.88 Å². The van der Waals surface area contributed by atoms with Crippen LogP contribution >= 0.6 is 0 Å². The van der Waals surface area contributed by atoms with Gasteiger partial charge in [0.1, 0.15) is 0 Å². The smallest absolute Gasteiger partial charge is 0.151 e. The number of methoxy groups -OCH3 is 1. The second-order valence-electron chi connectivity index (χ2n) is 4.48. The summed E-state index contributed by atoms with van der Waals surface area (Å²) in [5.74, 6) is 0.775. The van der Waals surface area contributed by atoms with Crippen LogP contribution < -0.4 is 10.5 Å². The molecule has 92 valence electrons. The minimum absolute atomic E-state index is 0.686. The van der Waals surface area contributed by atoms with Crippen LogP contribution in [0.1, 0.15) is 5.56 Å². The van der Waals surface area contributed by atoms with E-state index >= 15 is 0 Å². The summed E-state index contributed by atoms with van der Waals surface area (Å²) in [4.78, 5) is 5.42. The summed E-state index contributed by atoms with van der Waals surface area (Å²) in [6.45, 7) is 1.00. The standard InChI is InChI=1S/C13H19N3O/c1-16(2)7-6-9-8-15-11-5-4-10(14)13(17-3)12(9)11/h4-5,8,15H,6-7,14H2,1-3H3. The summed E-state index contributed by atoms with van der Waals surface area (Å²) in [6, 6.07) is 3.86. The Morgan fingerprint density at radius 3 is 2.76 bits per heavy atom. The average molecular weight is 233 g/mol. The molecule has 0 bridgehead atoms. The van der Waals surface area contributed by atoms with Gasteiger partial charge >= 0.3 is 0 Å². The number of nitrogen functional groups attached to an aromatic ring is 1. The maximum absolute atomic E-state index is 5.93. The first-order valence-electron chi connectivity index (χ1n) is 5.70. The zero-order valence-corrected chi connectivity index (χ0v) is 10.6. The van der Waals surface area contributed by atoms with Crippen molar-refractivity contribution in [3.05, 3.63) is 23.9 Å². The molecule has 0 amide bonds. The van der Waals surface area contributed by atoms with Crippen molar-refractivity contribution in [2.75, 3.05) is 33.5 Å². The van der Waals surface area contributed by atoms with Crippen LogP contribution in [0.5, 0.6) is 5.75 Å². The molecule has 0 unspecified atom stereocenters. The van der Waals surface area contributed by atoms with E-state index in [1.807, 2.05) is 18.3 Å². The fourth-order valence-corrected chi connectivity index (χ4v) is 2.04. The minimum atomic E-state index is 0.686. The molecule has 0 atom stereocenters. The third-order valence-corrected chi connectivity index (χ3v) is 2.94. The lowest BCUT2D eigenvalue weighted by molar-refractivity contribution is 0.412. The normalized spacial score (nSPS) is 11.3. The van der Waals surface area contributed by atoms with Crippen LogP contribution in [-0.2, 0) is 6.42 Å². The number of fused-ring (bicyclic) bond motifs is 1. The Balaban J connectivity index is 2.46. The number of ether oxygens (including phenoxy) is 1. The monoisotopic (exact) mass is 233 g/mol. The lowest BCUT2D eigenvalue weighted by Gasteiger charge is -2.10. The van der Waals surface area contributed by atoms with Crippen molar-refractivity contribution in [3.63, 3.8) is 0 Å². The molecule has 2 rings (SSSR count). The molecule has 0 aliphatic carbocycles. The number of H-pyrrole nitrogens is 1. The minimum Gasteiger partial charge on any atom is -0.494 e.